The van der Waals surface area contributed by atoms with Crippen molar-refractivity contribution >= 4 is 5.57 Å². The molecule has 0 aliphatic heterocycles. The molecule has 1 aliphatic rings. The first-order valence-corrected chi connectivity index (χ1v) is 6.40. The Morgan fingerprint density at radius 2 is 2.21 bits per heavy atom. The molecule has 0 radical (unpaired) electrons. The van der Waals surface area contributed by atoms with Crippen molar-refractivity contribution in [2.75, 3.05) is 6.54 Å². The third kappa shape index (κ3) is 4.06. The van der Waals surface area contributed by atoms with E-state index in [2.05, 4.69) is 10.3 Å². The molecule has 2 nitrogen and oxygen atoms in total. The maximum atomic E-state index is 12.8. The number of aromatic nitrogens is 1. The van der Waals surface area contributed by atoms with Crippen LogP contribution in [0.4, 0.5) is 13.2 Å². The molecule has 1 aliphatic carbocycles. The number of nitrogens with one attached hydrogen (secondary N) is 1. The molecule has 0 bridgehead atoms. The van der Waals surface area contributed by atoms with Crippen LogP contribution in [0.5, 0.6) is 0 Å². The normalized spacial score (nSPS) is 16.7. The van der Waals surface area contributed by atoms with E-state index in [1.54, 1.807) is 6.92 Å². The lowest BCUT2D eigenvalue weighted by Gasteiger charge is -2.12. The summed E-state index contributed by atoms with van der Waals surface area (Å²) in [5, 5.41) is 3.33. The SMILES string of the molecule is C/C(=C/CCNC1CC1)c1cnccc1C(F)(F)F. The van der Waals surface area contributed by atoms with Crippen LogP contribution in [-0.4, -0.2) is 17.6 Å². The van der Waals surface area contributed by atoms with Gasteiger partial charge in [0, 0.05) is 24.0 Å². The average molecular weight is 270 g/mol. The van der Waals surface area contributed by atoms with Crippen molar-refractivity contribution in [2.24, 2.45) is 0 Å². The van der Waals surface area contributed by atoms with E-state index in [9.17, 15) is 13.2 Å². The summed E-state index contributed by atoms with van der Waals surface area (Å²) in [6.07, 6.45) is 3.11. The van der Waals surface area contributed by atoms with Crippen LogP contribution in [0.2, 0.25) is 0 Å². The highest BCUT2D eigenvalue weighted by atomic mass is 19.4. The zero-order valence-electron chi connectivity index (χ0n) is 10.8. The van der Waals surface area contributed by atoms with Gasteiger partial charge >= 0.3 is 6.18 Å². The molecule has 0 saturated heterocycles. The van der Waals surface area contributed by atoms with Crippen LogP contribution < -0.4 is 5.32 Å². The van der Waals surface area contributed by atoms with Crippen LogP contribution in [0, 0.1) is 0 Å². The van der Waals surface area contributed by atoms with E-state index >= 15 is 0 Å². The van der Waals surface area contributed by atoms with Crippen molar-refractivity contribution in [1.82, 2.24) is 10.3 Å². The Kier molecular flexibility index (Phi) is 4.24. The van der Waals surface area contributed by atoms with E-state index < -0.39 is 11.7 Å². The minimum atomic E-state index is -4.33. The summed E-state index contributed by atoms with van der Waals surface area (Å²) in [5.41, 5.74) is 0.172. The Hall–Kier alpha value is -1.36. The molecule has 2 rings (SSSR count). The minimum Gasteiger partial charge on any atom is -0.314 e. The van der Waals surface area contributed by atoms with Gasteiger partial charge in [-0.05, 0) is 44.4 Å². The zero-order valence-corrected chi connectivity index (χ0v) is 10.8. The van der Waals surface area contributed by atoms with E-state index in [4.69, 9.17) is 0 Å². The average Bonchev–Trinajstić information content (AvgIpc) is 3.17. The Labute approximate surface area is 110 Å². The van der Waals surface area contributed by atoms with Crippen LogP contribution >= 0.6 is 0 Å². The van der Waals surface area contributed by atoms with Crippen molar-refractivity contribution < 1.29 is 13.2 Å². The molecular formula is C14H17F3N2. The van der Waals surface area contributed by atoms with Crippen molar-refractivity contribution in [3.63, 3.8) is 0 Å². The van der Waals surface area contributed by atoms with Crippen molar-refractivity contribution in [2.45, 2.75) is 38.4 Å². The minimum absolute atomic E-state index is 0.168. The van der Waals surface area contributed by atoms with Gasteiger partial charge in [-0.1, -0.05) is 6.08 Å². The molecular weight excluding hydrogens is 253 g/mol. The second-order valence-corrected chi connectivity index (χ2v) is 4.82. The maximum absolute atomic E-state index is 12.8. The van der Waals surface area contributed by atoms with Crippen molar-refractivity contribution in [3.8, 4) is 0 Å². The Bertz CT molecular complexity index is 462. The standard InChI is InChI=1S/C14H17F3N2/c1-10(3-2-7-19-11-4-5-11)12-9-18-8-6-13(12)14(15,16)17/h3,6,8-9,11,19H,2,4-5,7H2,1H3/b10-3-. The zero-order chi connectivity index (χ0) is 13.9. The van der Waals surface area contributed by atoms with Crippen molar-refractivity contribution in [3.05, 3.63) is 35.7 Å². The number of alkyl halides is 3. The van der Waals surface area contributed by atoms with Gasteiger partial charge in [0.15, 0.2) is 0 Å². The van der Waals surface area contributed by atoms with Gasteiger partial charge in [0.05, 0.1) is 5.56 Å². The molecule has 1 fully saturated rings. The smallest absolute Gasteiger partial charge is 0.314 e. The van der Waals surface area contributed by atoms with Gasteiger partial charge in [0.25, 0.3) is 0 Å². The fraction of sp³-hybridized carbons (Fsp3) is 0.500. The number of hydrogen-bond donors (Lipinski definition) is 1. The third-order valence-electron chi connectivity index (χ3n) is 3.16. The highest BCUT2D eigenvalue weighted by molar-refractivity contribution is 5.66. The first-order chi connectivity index (χ1) is 8.98. The summed E-state index contributed by atoms with van der Waals surface area (Å²) in [7, 11) is 0. The van der Waals surface area contributed by atoms with E-state index in [-0.39, 0.29) is 5.56 Å². The molecule has 5 heteroatoms. The number of allylic oxidation sites excluding steroid dienone is 1. The molecule has 19 heavy (non-hydrogen) atoms. The van der Waals surface area contributed by atoms with Crippen LogP contribution in [0.25, 0.3) is 5.57 Å². The van der Waals surface area contributed by atoms with E-state index in [1.807, 2.05) is 6.08 Å². The highest BCUT2D eigenvalue weighted by Crippen LogP contribution is 2.34. The molecule has 0 atom stereocenters. The number of hydrogen-bond acceptors (Lipinski definition) is 2. The quantitative estimate of drug-likeness (QED) is 0.826. The lowest BCUT2D eigenvalue weighted by atomic mass is 10.0. The molecule has 1 aromatic heterocycles. The first kappa shape index (κ1) is 14.1. The van der Waals surface area contributed by atoms with E-state index in [1.165, 1.54) is 25.2 Å². The van der Waals surface area contributed by atoms with Gasteiger partial charge in [0.1, 0.15) is 0 Å². The summed E-state index contributed by atoms with van der Waals surface area (Å²) in [5.74, 6) is 0. The fourth-order valence-electron chi connectivity index (χ4n) is 1.93. The van der Waals surface area contributed by atoms with Gasteiger partial charge in [-0.25, -0.2) is 0 Å². The third-order valence-corrected chi connectivity index (χ3v) is 3.16. The van der Waals surface area contributed by atoms with E-state index in [0.717, 1.165) is 19.0 Å². The van der Waals surface area contributed by atoms with Crippen LogP contribution in [0.1, 0.15) is 37.3 Å². The maximum Gasteiger partial charge on any atom is 0.417 e. The second kappa shape index (κ2) is 5.74. The molecule has 1 saturated carbocycles. The van der Waals surface area contributed by atoms with Crippen LogP contribution in [0.3, 0.4) is 0 Å². The summed E-state index contributed by atoms with van der Waals surface area (Å²) < 4.78 is 38.5. The molecule has 0 unspecified atom stereocenters. The van der Waals surface area contributed by atoms with Crippen LogP contribution in [-0.2, 0) is 6.18 Å². The number of halogens is 3. The second-order valence-electron chi connectivity index (χ2n) is 4.82. The van der Waals surface area contributed by atoms with Gasteiger partial charge in [-0.3, -0.25) is 4.98 Å². The first-order valence-electron chi connectivity index (χ1n) is 6.40. The molecule has 1 aromatic rings. The molecule has 1 heterocycles. The molecule has 104 valence electrons. The van der Waals surface area contributed by atoms with E-state index in [0.29, 0.717) is 11.6 Å². The number of pyridine rings is 1. The molecule has 0 amide bonds. The topological polar surface area (TPSA) is 24.9 Å². The van der Waals surface area contributed by atoms with Crippen molar-refractivity contribution in [1.29, 1.82) is 0 Å². The summed E-state index contributed by atoms with van der Waals surface area (Å²) in [4.78, 5) is 3.79. The summed E-state index contributed by atoms with van der Waals surface area (Å²) in [6.45, 7) is 2.51. The van der Waals surface area contributed by atoms with Crippen LogP contribution in [0.15, 0.2) is 24.5 Å². The monoisotopic (exact) mass is 270 g/mol. The predicted octanol–water partition coefficient (Wildman–Crippen LogP) is 3.65. The number of rotatable bonds is 5. The highest BCUT2D eigenvalue weighted by Gasteiger charge is 2.33. The van der Waals surface area contributed by atoms with Gasteiger partial charge < -0.3 is 5.32 Å². The predicted molar refractivity (Wildman–Crippen MR) is 68.5 cm³/mol. The van der Waals surface area contributed by atoms with Gasteiger partial charge in [0.2, 0.25) is 0 Å². The Morgan fingerprint density at radius 3 is 2.84 bits per heavy atom. The summed E-state index contributed by atoms with van der Waals surface area (Å²) >= 11 is 0. The molecule has 0 spiro atoms. The number of nitrogens with zero attached hydrogens (tertiary/aromatic N) is 1. The lowest BCUT2D eigenvalue weighted by Crippen LogP contribution is -2.16. The van der Waals surface area contributed by atoms with Gasteiger partial charge in [-0.15, -0.1) is 0 Å². The van der Waals surface area contributed by atoms with Gasteiger partial charge in [-0.2, -0.15) is 13.2 Å². The largest absolute Gasteiger partial charge is 0.417 e. The molecule has 0 aromatic carbocycles. The molecule has 1 N–H and O–H groups in total. The summed E-state index contributed by atoms with van der Waals surface area (Å²) in [6, 6.07) is 1.65. The Balaban J connectivity index is 2.04. The lowest BCUT2D eigenvalue weighted by molar-refractivity contribution is -0.137. The Morgan fingerprint density at radius 1 is 1.47 bits per heavy atom. The fourth-order valence-corrected chi connectivity index (χ4v) is 1.93.